The summed E-state index contributed by atoms with van der Waals surface area (Å²) in [6, 6.07) is 11.8. The number of benzene rings is 1. The summed E-state index contributed by atoms with van der Waals surface area (Å²) in [6.07, 6.45) is 0.905. The van der Waals surface area contributed by atoms with Gasteiger partial charge in [-0.3, -0.25) is 9.48 Å². The van der Waals surface area contributed by atoms with E-state index >= 15 is 0 Å². The molecule has 0 saturated carbocycles. The van der Waals surface area contributed by atoms with E-state index in [1.54, 1.807) is 20.9 Å². The largest absolute Gasteiger partial charge is 0.336 e. The Bertz CT molecular complexity index is 1180. The van der Waals surface area contributed by atoms with Gasteiger partial charge in [0.15, 0.2) is 5.65 Å². The highest BCUT2D eigenvalue weighted by Gasteiger charge is 2.22. The van der Waals surface area contributed by atoms with Gasteiger partial charge in [0.25, 0.3) is 5.91 Å². The van der Waals surface area contributed by atoms with Gasteiger partial charge < -0.3 is 4.90 Å². The number of pyridine rings is 1. The summed E-state index contributed by atoms with van der Waals surface area (Å²) in [5.41, 5.74) is 4.78. The molecule has 0 unspecified atom stereocenters. The number of nitrogens with zero attached hydrogens (tertiary/aromatic N) is 5. The van der Waals surface area contributed by atoms with Gasteiger partial charge in [0.1, 0.15) is 0 Å². The molecule has 0 fully saturated rings. The quantitative estimate of drug-likeness (QED) is 0.498. The molecular weight excluding hydrogens is 382 g/mol. The first-order valence-electron chi connectivity index (χ1n) is 9.56. The molecule has 29 heavy (non-hydrogen) atoms. The third kappa shape index (κ3) is 3.65. The van der Waals surface area contributed by atoms with Crippen molar-refractivity contribution in [3.63, 3.8) is 0 Å². The van der Waals surface area contributed by atoms with Crippen LogP contribution < -0.4 is 0 Å². The topological polar surface area (TPSA) is 63.9 Å². The lowest BCUT2D eigenvalue weighted by molar-refractivity contribution is 0.0785. The van der Waals surface area contributed by atoms with E-state index in [1.165, 1.54) is 0 Å². The molecule has 0 saturated heterocycles. The van der Waals surface area contributed by atoms with E-state index in [-0.39, 0.29) is 5.91 Å². The molecule has 1 aromatic carbocycles. The molecule has 3 aromatic heterocycles. The van der Waals surface area contributed by atoms with Gasteiger partial charge in [0.05, 0.1) is 39.6 Å². The third-order valence-corrected chi connectivity index (χ3v) is 5.96. The highest BCUT2D eigenvalue weighted by Crippen LogP contribution is 2.28. The Balaban J connectivity index is 1.77. The lowest BCUT2D eigenvalue weighted by Crippen LogP contribution is -2.26. The van der Waals surface area contributed by atoms with Crippen molar-refractivity contribution in [3.8, 4) is 11.3 Å². The number of aryl methyl sites for hydroxylation is 3. The smallest absolute Gasteiger partial charge is 0.254 e. The van der Waals surface area contributed by atoms with Crippen LogP contribution in [0.4, 0.5) is 0 Å². The zero-order valence-corrected chi connectivity index (χ0v) is 17.8. The summed E-state index contributed by atoms with van der Waals surface area (Å²) < 4.78 is 1.74. The molecule has 0 aliphatic rings. The number of carbonyl (C=O) groups is 1. The number of carbonyl (C=O) groups excluding carboxylic acids is 1. The van der Waals surface area contributed by atoms with Crippen LogP contribution in [0.25, 0.3) is 22.3 Å². The molecule has 0 aliphatic carbocycles. The molecule has 0 N–H and O–H groups in total. The van der Waals surface area contributed by atoms with Crippen molar-refractivity contribution in [1.29, 1.82) is 0 Å². The van der Waals surface area contributed by atoms with Crippen molar-refractivity contribution >= 4 is 28.3 Å². The molecular formula is C22H23N5OS. The minimum atomic E-state index is -0.0586. The van der Waals surface area contributed by atoms with E-state index in [2.05, 4.69) is 17.0 Å². The Labute approximate surface area is 173 Å². The molecule has 0 spiro atoms. The minimum Gasteiger partial charge on any atom is -0.336 e. The van der Waals surface area contributed by atoms with Crippen molar-refractivity contribution in [1.82, 2.24) is 24.6 Å². The fourth-order valence-corrected chi connectivity index (χ4v) is 4.21. The summed E-state index contributed by atoms with van der Waals surface area (Å²) in [6.45, 7) is 4.47. The number of thiazole rings is 1. The van der Waals surface area contributed by atoms with E-state index in [1.807, 2.05) is 62.8 Å². The molecule has 1 amide bonds. The fraction of sp³-hybridized carbons (Fsp3) is 0.273. The van der Waals surface area contributed by atoms with E-state index < -0.39 is 0 Å². The highest BCUT2D eigenvalue weighted by atomic mass is 32.1. The van der Waals surface area contributed by atoms with E-state index in [4.69, 9.17) is 4.98 Å². The van der Waals surface area contributed by atoms with Crippen molar-refractivity contribution in [2.45, 2.75) is 26.8 Å². The summed E-state index contributed by atoms with van der Waals surface area (Å²) in [7, 11) is 3.67. The second-order valence-corrected chi connectivity index (χ2v) is 8.02. The van der Waals surface area contributed by atoms with Crippen LogP contribution in [0.3, 0.4) is 0 Å². The minimum absolute atomic E-state index is 0.0586. The standard InChI is InChI=1S/C22H23N5OS/c1-5-19-23-16(13-29-19)12-26(3)22(28)17-11-18(15-9-7-6-8-10-15)24-21-20(17)14(2)25-27(21)4/h6-11,13H,5,12H2,1-4H3. The summed E-state index contributed by atoms with van der Waals surface area (Å²) in [5.74, 6) is -0.0586. The molecule has 0 radical (unpaired) electrons. The average molecular weight is 406 g/mol. The lowest BCUT2D eigenvalue weighted by atomic mass is 10.0. The maximum Gasteiger partial charge on any atom is 0.254 e. The van der Waals surface area contributed by atoms with Crippen LogP contribution in [-0.4, -0.2) is 37.6 Å². The number of hydrogen-bond donors (Lipinski definition) is 0. The number of amides is 1. The highest BCUT2D eigenvalue weighted by molar-refractivity contribution is 7.09. The molecule has 6 nitrogen and oxygen atoms in total. The van der Waals surface area contributed by atoms with Crippen molar-refractivity contribution in [2.24, 2.45) is 7.05 Å². The maximum absolute atomic E-state index is 13.4. The lowest BCUT2D eigenvalue weighted by Gasteiger charge is -2.17. The van der Waals surface area contributed by atoms with Crippen LogP contribution in [0.15, 0.2) is 41.8 Å². The van der Waals surface area contributed by atoms with Gasteiger partial charge in [-0.15, -0.1) is 11.3 Å². The zero-order chi connectivity index (χ0) is 20.5. The second kappa shape index (κ2) is 7.75. The molecule has 3 heterocycles. The van der Waals surface area contributed by atoms with Crippen LogP contribution in [0.1, 0.15) is 33.7 Å². The first kappa shape index (κ1) is 19.3. The summed E-state index contributed by atoms with van der Waals surface area (Å²) >= 11 is 1.63. The SMILES string of the molecule is CCc1nc(CN(C)C(=O)c2cc(-c3ccccc3)nc3c2c(C)nn3C)cs1. The Morgan fingerprint density at radius 3 is 2.66 bits per heavy atom. The van der Waals surface area contributed by atoms with Gasteiger partial charge in [-0.1, -0.05) is 37.3 Å². The molecule has 4 rings (SSSR count). The fourth-order valence-electron chi connectivity index (χ4n) is 3.47. The Morgan fingerprint density at radius 1 is 1.21 bits per heavy atom. The maximum atomic E-state index is 13.4. The Morgan fingerprint density at radius 2 is 1.97 bits per heavy atom. The number of hydrogen-bond acceptors (Lipinski definition) is 5. The van der Waals surface area contributed by atoms with Crippen LogP contribution in [0, 0.1) is 6.92 Å². The molecule has 4 aromatic rings. The van der Waals surface area contributed by atoms with Crippen LogP contribution in [-0.2, 0) is 20.0 Å². The predicted octanol–water partition coefficient (Wildman–Crippen LogP) is 4.23. The summed E-state index contributed by atoms with van der Waals surface area (Å²) in [5, 5.41) is 8.41. The van der Waals surface area contributed by atoms with Gasteiger partial charge in [-0.2, -0.15) is 5.10 Å². The zero-order valence-electron chi connectivity index (χ0n) is 17.0. The molecule has 7 heteroatoms. The number of fused-ring (bicyclic) bond motifs is 1. The monoisotopic (exact) mass is 405 g/mol. The Kier molecular flexibility index (Phi) is 5.15. The van der Waals surface area contributed by atoms with Crippen LogP contribution >= 0.6 is 11.3 Å². The van der Waals surface area contributed by atoms with Gasteiger partial charge in [0, 0.05) is 25.0 Å². The molecule has 0 aliphatic heterocycles. The predicted molar refractivity (Wildman–Crippen MR) is 116 cm³/mol. The molecule has 0 bridgehead atoms. The second-order valence-electron chi connectivity index (χ2n) is 7.08. The van der Waals surface area contributed by atoms with E-state index in [9.17, 15) is 4.79 Å². The number of aromatic nitrogens is 4. The van der Waals surface area contributed by atoms with Crippen molar-refractivity contribution in [3.05, 3.63) is 63.7 Å². The molecule has 0 atom stereocenters. The average Bonchev–Trinajstić information content (AvgIpc) is 3.31. The van der Waals surface area contributed by atoms with Gasteiger partial charge >= 0.3 is 0 Å². The Hall–Kier alpha value is -3.06. The van der Waals surface area contributed by atoms with Crippen LogP contribution in [0.2, 0.25) is 0 Å². The van der Waals surface area contributed by atoms with E-state index in [0.29, 0.717) is 17.8 Å². The van der Waals surface area contributed by atoms with Crippen molar-refractivity contribution < 1.29 is 4.79 Å². The summed E-state index contributed by atoms with van der Waals surface area (Å²) in [4.78, 5) is 24.5. The first-order valence-corrected chi connectivity index (χ1v) is 10.4. The van der Waals surface area contributed by atoms with Gasteiger partial charge in [0.2, 0.25) is 0 Å². The number of rotatable bonds is 5. The molecule has 148 valence electrons. The third-order valence-electron chi connectivity index (χ3n) is 4.92. The van der Waals surface area contributed by atoms with Crippen molar-refractivity contribution in [2.75, 3.05) is 7.05 Å². The normalized spacial score (nSPS) is 11.2. The van der Waals surface area contributed by atoms with Gasteiger partial charge in [-0.05, 0) is 19.4 Å². The first-order chi connectivity index (χ1) is 14.0. The van der Waals surface area contributed by atoms with E-state index in [0.717, 1.165) is 39.5 Å². The van der Waals surface area contributed by atoms with Gasteiger partial charge in [-0.25, -0.2) is 9.97 Å². The van der Waals surface area contributed by atoms with Crippen LogP contribution in [0.5, 0.6) is 0 Å².